The minimum absolute atomic E-state index is 0.0671. The zero-order valence-electron chi connectivity index (χ0n) is 6.10. The molecule has 0 aromatic rings. The summed E-state index contributed by atoms with van der Waals surface area (Å²) >= 11 is 0. The minimum Gasteiger partial charge on any atom is -0.164 e. The number of hydrogen-bond acceptors (Lipinski definition) is 1. The van der Waals surface area contributed by atoms with Crippen molar-refractivity contribution in [2.24, 2.45) is 5.10 Å². The van der Waals surface area contributed by atoms with Crippen LogP contribution in [-0.2, 0) is 0 Å². The van der Waals surface area contributed by atoms with Gasteiger partial charge < -0.3 is 0 Å². The van der Waals surface area contributed by atoms with E-state index in [1.54, 1.807) is 0 Å². The summed E-state index contributed by atoms with van der Waals surface area (Å²) in [6.45, 7) is 3.34. The second-order valence-electron chi connectivity index (χ2n) is 2.21. The van der Waals surface area contributed by atoms with Gasteiger partial charge in [-0.05, 0) is 6.42 Å². The quantitative estimate of drug-likeness (QED) is 0.574. The lowest BCUT2D eigenvalue weighted by molar-refractivity contribution is -0.0583. The third kappa shape index (κ3) is 1.66. The number of alkyl halides is 3. The van der Waals surface area contributed by atoms with Crippen molar-refractivity contribution in [2.75, 3.05) is 0 Å². The van der Waals surface area contributed by atoms with Gasteiger partial charge in [0.15, 0.2) is 5.71 Å². The molecule has 0 aliphatic carbocycles. The standard InChI is InChI=1S/C7H6F3N2/c1-2-3-5-4-11-12-6(5)7(8,9)10/h2,4H,1,3H2. The SMILES string of the molecule is C=CCC1=C[N]N=C1C(F)(F)F. The van der Waals surface area contributed by atoms with Crippen LogP contribution in [0, 0.1) is 0 Å². The first kappa shape index (κ1) is 8.83. The van der Waals surface area contributed by atoms with Gasteiger partial charge in [0.25, 0.3) is 0 Å². The second-order valence-corrected chi connectivity index (χ2v) is 2.21. The fourth-order valence-corrected chi connectivity index (χ4v) is 0.825. The number of nitrogens with zero attached hydrogens (tertiary/aromatic N) is 2. The van der Waals surface area contributed by atoms with Crippen molar-refractivity contribution in [2.45, 2.75) is 12.6 Å². The summed E-state index contributed by atoms with van der Waals surface area (Å²) in [6.07, 6.45) is -1.78. The van der Waals surface area contributed by atoms with Crippen molar-refractivity contribution >= 4 is 5.71 Å². The van der Waals surface area contributed by atoms with Gasteiger partial charge in [-0.15, -0.1) is 11.7 Å². The van der Waals surface area contributed by atoms with Crippen molar-refractivity contribution in [3.8, 4) is 0 Å². The van der Waals surface area contributed by atoms with Crippen molar-refractivity contribution in [3.63, 3.8) is 0 Å². The molecule has 0 aromatic heterocycles. The molecule has 0 unspecified atom stereocenters. The predicted molar refractivity (Wildman–Crippen MR) is 38.5 cm³/mol. The van der Waals surface area contributed by atoms with Gasteiger partial charge in [-0.25, -0.2) is 0 Å². The Hall–Kier alpha value is -1.26. The third-order valence-electron chi connectivity index (χ3n) is 1.31. The molecule has 65 valence electrons. The molecular formula is C7H6F3N2. The Bertz CT molecular complexity index is 250. The van der Waals surface area contributed by atoms with Crippen LogP contribution in [0.3, 0.4) is 0 Å². The van der Waals surface area contributed by atoms with Crippen LogP contribution in [0.25, 0.3) is 0 Å². The van der Waals surface area contributed by atoms with Crippen molar-refractivity contribution in [3.05, 3.63) is 24.4 Å². The smallest absolute Gasteiger partial charge is 0.164 e. The number of halogens is 3. The number of rotatable bonds is 2. The van der Waals surface area contributed by atoms with Crippen LogP contribution in [0.5, 0.6) is 0 Å². The van der Waals surface area contributed by atoms with Crippen LogP contribution in [0.1, 0.15) is 6.42 Å². The highest BCUT2D eigenvalue weighted by Crippen LogP contribution is 2.25. The molecule has 1 radical (unpaired) electrons. The predicted octanol–water partition coefficient (Wildman–Crippen LogP) is 1.98. The highest BCUT2D eigenvalue weighted by Gasteiger charge is 2.39. The highest BCUT2D eigenvalue weighted by atomic mass is 19.4. The fraction of sp³-hybridized carbons (Fsp3) is 0.286. The average molecular weight is 175 g/mol. The summed E-state index contributed by atoms with van der Waals surface area (Å²) in [5.41, 5.74) is 2.34. The lowest BCUT2D eigenvalue weighted by atomic mass is 10.1. The Labute approximate surface area is 67.5 Å². The summed E-state index contributed by atoms with van der Waals surface area (Å²) in [5.74, 6) is 0. The summed E-state index contributed by atoms with van der Waals surface area (Å²) in [6, 6.07) is 0. The molecule has 0 atom stereocenters. The number of allylic oxidation sites excluding steroid dienone is 2. The summed E-state index contributed by atoms with van der Waals surface area (Å²) < 4.78 is 36.2. The van der Waals surface area contributed by atoms with Crippen LogP contribution < -0.4 is 5.43 Å². The van der Waals surface area contributed by atoms with E-state index in [-0.39, 0.29) is 12.0 Å². The average Bonchev–Trinajstić information content (AvgIpc) is 2.34. The molecule has 0 aromatic carbocycles. The van der Waals surface area contributed by atoms with Crippen LogP contribution in [0.15, 0.2) is 29.5 Å². The van der Waals surface area contributed by atoms with E-state index in [4.69, 9.17) is 0 Å². The summed E-state index contributed by atoms with van der Waals surface area (Å²) in [7, 11) is 0. The van der Waals surface area contributed by atoms with E-state index < -0.39 is 11.9 Å². The first-order chi connectivity index (χ1) is 5.55. The van der Waals surface area contributed by atoms with E-state index in [1.807, 2.05) is 0 Å². The largest absolute Gasteiger partial charge is 0.435 e. The van der Waals surface area contributed by atoms with Crippen LogP contribution in [0.2, 0.25) is 0 Å². The van der Waals surface area contributed by atoms with Gasteiger partial charge in [0.1, 0.15) is 0 Å². The molecule has 1 heterocycles. The van der Waals surface area contributed by atoms with Gasteiger partial charge in [0, 0.05) is 5.57 Å². The van der Waals surface area contributed by atoms with Crippen molar-refractivity contribution < 1.29 is 13.2 Å². The van der Waals surface area contributed by atoms with E-state index in [9.17, 15) is 13.2 Å². The Kier molecular flexibility index (Phi) is 2.21. The van der Waals surface area contributed by atoms with E-state index in [0.29, 0.717) is 0 Å². The molecule has 1 aliphatic rings. The highest BCUT2D eigenvalue weighted by molar-refractivity contribution is 6.05. The third-order valence-corrected chi connectivity index (χ3v) is 1.31. The zero-order valence-corrected chi connectivity index (χ0v) is 6.10. The van der Waals surface area contributed by atoms with E-state index >= 15 is 0 Å². The topological polar surface area (TPSA) is 26.5 Å². The Morgan fingerprint density at radius 2 is 2.17 bits per heavy atom. The summed E-state index contributed by atoms with van der Waals surface area (Å²) in [5, 5.41) is 2.98. The Morgan fingerprint density at radius 3 is 2.67 bits per heavy atom. The molecule has 0 bridgehead atoms. The molecule has 0 saturated carbocycles. The fourth-order valence-electron chi connectivity index (χ4n) is 0.825. The molecule has 5 heteroatoms. The Balaban J connectivity index is 2.80. The molecule has 1 rings (SSSR count). The second kappa shape index (κ2) is 3.00. The summed E-state index contributed by atoms with van der Waals surface area (Å²) in [4.78, 5) is 0. The van der Waals surface area contributed by atoms with Crippen molar-refractivity contribution in [1.29, 1.82) is 0 Å². The van der Waals surface area contributed by atoms with Crippen molar-refractivity contribution in [1.82, 2.24) is 5.43 Å². The van der Waals surface area contributed by atoms with Gasteiger partial charge in [0.2, 0.25) is 0 Å². The van der Waals surface area contributed by atoms with Crippen LogP contribution in [-0.4, -0.2) is 11.9 Å². The Morgan fingerprint density at radius 1 is 1.50 bits per heavy atom. The zero-order chi connectivity index (χ0) is 9.19. The minimum atomic E-state index is -4.41. The normalized spacial score (nSPS) is 16.6. The van der Waals surface area contributed by atoms with E-state index in [2.05, 4.69) is 17.1 Å². The molecule has 0 saturated heterocycles. The van der Waals surface area contributed by atoms with Crippen LogP contribution in [0.4, 0.5) is 13.2 Å². The number of hydrogen-bond donors (Lipinski definition) is 0. The van der Waals surface area contributed by atoms with Gasteiger partial charge in [-0.1, -0.05) is 6.08 Å². The van der Waals surface area contributed by atoms with E-state index in [1.165, 1.54) is 6.08 Å². The maximum Gasteiger partial charge on any atom is 0.435 e. The molecule has 0 fully saturated rings. The maximum atomic E-state index is 12.1. The molecule has 12 heavy (non-hydrogen) atoms. The lowest BCUT2D eigenvalue weighted by Gasteiger charge is -2.06. The van der Waals surface area contributed by atoms with Crippen LogP contribution >= 0.6 is 0 Å². The first-order valence-corrected chi connectivity index (χ1v) is 3.21. The maximum absolute atomic E-state index is 12.1. The molecule has 2 nitrogen and oxygen atoms in total. The van der Waals surface area contributed by atoms with Gasteiger partial charge in [-0.2, -0.15) is 18.6 Å². The molecule has 0 N–H and O–H groups in total. The van der Waals surface area contributed by atoms with Gasteiger partial charge in [-0.3, -0.25) is 0 Å². The van der Waals surface area contributed by atoms with Gasteiger partial charge >= 0.3 is 6.18 Å². The molecule has 0 amide bonds. The first-order valence-electron chi connectivity index (χ1n) is 3.21. The van der Waals surface area contributed by atoms with Gasteiger partial charge in [0.05, 0.1) is 6.20 Å². The lowest BCUT2D eigenvalue weighted by Crippen LogP contribution is -2.23. The molecule has 0 spiro atoms. The molecular weight excluding hydrogens is 169 g/mol. The van der Waals surface area contributed by atoms with E-state index in [0.717, 1.165) is 6.20 Å². The molecule has 1 aliphatic heterocycles. The monoisotopic (exact) mass is 175 g/mol.